The molecule has 0 bridgehead atoms. The summed E-state index contributed by atoms with van der Waals surface area (Å²) >= 11 is 0. The van der Waals surface area contributed by atoms with Crippen LogP contribution in [0.15, 0.2) is 11.1 Å². The molecule has 0 N–H and O–H groups in total. The SMILES string of the molecule is CCC1=C(CC#N)C2(C)CCCC(C)(C)C2CC1. The van der Waals surface area contributed by atoms with Crippen LogP contribution in [0.4, 0.5) is 0 Å². The number of nitriles is 1. The maximum atomic E-state index is 9.18. The van der Waals surface area contributed by atoms with Crippen LogP contribution in [0.5, 0.6) is 0 Å². The number of hydrogen-bond acceptors (Lipinski definition) is 1. The summed E-state index contributed by atoms with van der Waals surface area (Å²) in [7, 11) is 0. The molecule has 1 saturated carbocycles. The van der Waals surface area contributed by atoms with Gasteiger partial charge in [0.1, 0.15) is 0 Å². The molecule has 0 aromatic carbocycles. The van der Waals surface area contributed by atoms with Crippen molar-refractivity contribution in [2.75, 3.05) is 0 Å². The zero-order valence-electron chi connectivity index (χ0n) is 12.5. The molecule has 1 nitrogen and oxygen atoms in total. The molecule has 0 amide bonds. The van der Waals surface area contributed by atoms with Gasteiger partial charge in [0.05, 0.1) is 12.5 Å². The molecule has 0 aliphatic heterocycles. The molecule has 0 radical (unpaired) electrons. The molecule has 2 aliphatic carbocycles. The monoisotopic (exact) mass is 245 g/mol. The van der Waals surface area contributed by atoms with E-state index < -0.39 is 0 Å². The largest absolute Gasteiger partial charge is 0.198 e. The third-order valence-electron chi connectivity index (χ3n) is 5.76. The van der Waals surface area contributed by atoms with Gasteiger partial charge in [-0.15, -0.1) is 0 Å². The minimum atomic E-state index is 0.307. The molecule has 2 atom stereocenters. The van der Waals surface area contributed by atoms with Crippen LogP contribution in [0.3, 0.4) is 0 Å². The number of allylic oxidation sites excluding steroid dienone is 2. The first-order valence-electron chi connectivity index (χ1n) is 7.54. The maximum absolute atomic E-state index is 9.18. The maximum Gasteiger partial charge on any atom is 0.0666 e. The van der Waals surface area contributed by atoms with E-state index in [0.717, 1.165) is 12.3 Å². The summed E-state index contributed by atoms with van der Waals surface area (Å²) in [5, 5.41) is 9.18. The summed E-state index contributed by atoms with van der Waals surface area (Å²) in [6, 6.07) is 2.43. The highest BCUT2D eigenvalue weighted by Gasteiger charge is 2.50. The standard InChI is InChI=1S/C17H27N/c1-5-13-7-8-15-16(2,3)10-6-11-17(15,4)14(13)9-12-18/h15H,5-11H2,1-4H3. The fourth-order valence-corrected chi connectivity index (χ4v) is 4.86. The molecule has 0 saturated heterocycles. The van der Waals surface area contributed by atoms with Gasteiger partial charge in [-0.25, -0.2) is 0 Å². The average molecular weight is 245 g/mol. The number of fused-ring (bicyclic) bond motifs is 1. The first-order valence-corrected chi connectivity index (χ1v) is 7.54. The van der Waals surface area contributed by atoms with Crippen molar-refractivity contribution in [2.45, 2.75) is 72.6 Å². The van der Waals surface area contributed by atoms with Gasteiger partial charge in [0.2, 0.25) is 0 Å². The predicted octanol–water partition coefficient (Wildman–Crippen LogP) is 5.23. The van der Waals surface area contributed by atoms with Gasteiger partial charge in [0, 0.05) is 0 Å². The molecule has 18 heavy (non-hydrogen) atoms. The van der Waals surface area contributed by atoms with Crippen LogP contribution in [-0.2, 0) is 0 Å². The van der Waals surface area contributed by atoms with E-state index in [0.29, 0.717) is 17.3 Å². The molecule has 0 heterocycles. The molecule has 100 valence electrons. The number of nitrogens with zero attached hydrogens (tertiary/aromatic N) is 1. The molecule has 0 spiro atoms. The fraction of sp³-hybridized carbons (Fsp3) is 0.824. The Morgan fingerprint density at radius 2 is 2.00 bits per heavy atom. The highest BCUT2D eigenvalue weighted by molar-refractivity contribution is 5.30. The number of rotatable bonds is 2. The molecular weight excluding hydrogens is 218 g/mol. The van der Waals surface area contributed by atoms with Crippen molar-refractivity contribution in [3.63, 3.8) is 0 Å². The highest BCUT2D eigenvalue weighted by atomic mass is 14.5. The van der Waals surface area contributed by atoms with E-state index in [1.54, 1.807) is 5.57 Å². The van der Waals surface area contributed by atoms with Gasteiger partial charge in [0.15, 0.2) is 0 Å². The summed E-state index contributed by atoms with van der Waals surface area (Å²) in [5.74, 6) is 0.775. The summed E-state index contributed by atoms with van der Waals surface area (Å²) in [4.78, 5) is 0. The summed E-state index contributed by atoms with van der Waals surface area (Å²) in [5.41, 5.74) is 3.86. The smallest absolute Gasteiger partial charge is 0.0666 e. The molecule has 2 rings (SSSR count). The van der Waals surface area contributed by atoms with Gasteiger partial charge < -0.3 is 0 Å². The zero-order chi connectivity index (χ0) is 13.4. The minimum Gasteiger partial charge on any atom is -0.198 e. The van der Waals surface area contributed by atoms with Crippen molar-refractivity contribution in [1.29, 1.82) is 5.26 Å². The molecule has 2 unspecified atom stereocenters. The normalized spacial score (nSPS) is 34.9. The van der Waals surface area contributed by atoms with Gasteiger partial charge in [-0.05, 0) is 48.9 Å². The van der Waals surface area contributed by atoms with Crippen molar-refractivity contribution < 1.29 is 0 Å². The van der Waals surface area contributed by atoms with Crippen LogP contribution in [-0.4, -0.2) is 0 Å². The molecular formula is C17H27N. The molecule has 1 heteroatoms. The van der Waals surface area contributed by atoms with E-state index in [4.69, 9.17) is 0 Å². The second kappa shape index (κ2) is 4.72. The Morgan fingerprint density at radius 3 is 2.61 bits per heavy atom. The predicted molar refractivity (Wildman–Crippen MR) is 76.0 cm³/mol. The van der Waals surface area contributed by atoms with E-state index in [9.17, 15) is 5.26 Å². The second-order valence-corrected chi connectivity index (χ2v) is 7.12. The Bertz CT molecular complexity index is 396. The zero-order valence-corrected chi connectivity index (χ0v) is 12.5. The topological polar surface area (TPSA) is 23.8 Å². The third-order valence-corrected chi connectivity index (χ3v) is 5.76. The van der Waals surface area contributed by atoms with Crippen LogP contribution in [0.25, 0.3) is 0 Å². The molecule has 0 aromatic rings. The highest BCUT2D eigenvalue weighted by Crippen LogP contribution is 2.60. The van der Waals surface area contributed by atoms with Gasteiger partial charge in [-0.3, -0.25) is 0 Å². The summed E-state index contributed by atoms with van der Waals surface area (Å²) < 4.78 is 0. The molecule has 0 aromatic heterocycles. The van der Waals surface area contributed by atoms with Gasteiger partial charge in [-0.2, -0.15) is 5.26 Å². The van der Waals surface area contributed by atoms with E-state index >= 15 is 0 Å². The first-order chi connectivity index (χ1) is 8.45. The lowest BCUT2D eigenvalue weighted by molar-refractivity contribution is 0.0111. The van der Waals surface area contributed by atoms with Crippen LogP contribution in [0.2, 0.25) is 0 Å². The Morgan fingerprint density at radius 1 is 1.28 bits per heavy atom. The van der Waals surface area contributed by atoms with Crippen LogP contribution in [0, 0.1) is 28.1 Å². The third kappa shape index (κ3) is 2.00. The second-order valence-electron chi connectivity index (χ2n) is 7.12. The first kappa shape index (κ1) is 13.7. The van der Waals surface area contributed by atoms with E-state index in [-0.39, 0.29) is 0 Å². The molecule has 1 fully saturated rings. The number of hydrogen-bond donors (Lipinski definition) is 0. The van der Waals surface area contributed by atoms with Crippen molar-refractivity contribution in [2.24, 2.45) is 16.7 Å². The lowest BCUT2D eigenvalue weighted by atomic mass is 9.50. The average Bonchev–Trinajstić information content (AvgIpc) is 2.30. The molecule has 2 aliphatic rings. The Kier molecular flexibility index (Phi) is 3.58. The van der Waals surface area contributed by atoms with E-state index in [1.807, 2.05) is 0 Å². The Hall–Kier alpha value is -0.770. The van der Waals surface area contributed by atoms with Crippen molar-refractivity contribution >= 4 is 0 Å². The van der Waals surface area contributed by atoms with Crippen molar-refractivity contribution in [1.82, 2.24) is 0 Å². The van der Waals surface area contributed by atoms with E-state index in [2.05, 4.69) is 33.8 Å². The van der Waals surface area contributed by atoms with E-state index in [1.165, 1.54) is 37.7 Å². The van der Waals surface area contributed by atoms with Gasteiger partial charge in [-0.1, -0.05) is 45.3 Å². The quantitative estimate of drug-likeness (QED) is 0.611. The Labute approximate surface area is 112 Å². The summed E-state index contributed by atoms with van der Waals surface area (Å²) in [6.07, 6.45) is 8.34. The van der Waals surface area contributed by atoms with Crippen LogP contribution < -0.4 is 0 Å². The van der Waals surface area contributed by atoms with Crippen molar-refractivity contribution in [3.05, 3.63) is 11.1 Å². The lowest BCUT2D eigenvalue weighted by Gasteiger charge is -2.55. The summed E-state index contributed by atoms with van der Waals surface area (Å²) in [6.45, 7) is 9.58. The Balaban J connectivity index is 2.45. The van der Waals surface area contributed by atoms with Crippen molar-refractivity contribution in [3.8, 4) is 6.07 Å². The minimum absolute atomic E-state index is 0.307. The lowest BCUT2D eigenvalue weighted by Crippen LogP contribution is -2.45. The van der Waals surface area contributed by atoms with Gasteiger partial charge >= 0.3 is 0 Å². The van der Waals surface area contributed by atoms with Gasteiger partial charge in [0.25, 0.3) is 0 Å². The fourth-order valence-electron chi connectivity index (χ4n) is 4.86. The van der Waals surface area contributed by atoms with Crippen LogP contribution >= 0.6 is 0 Å². The van der Waals surface area contributed by atoms with Crippen LogP contribution in [0.1, 0.15) is 72.6 Å².